The largest absolute Gasteiger partial charge is 0.497 e. The van der Waals surface area contributed by atoms with Crippen molar-refractivity contribution in [3.05, 3.63) is 102 Å². The van der Waals surface area contributed by atoms with Gasteiger partial charge in [-0.05, 0) is 78.7 Å². The van der Waals surface area contributed by atoms with Crippen LogP contribution < -0.4 is 24.3 Å². The van der Waals surface area contributed by atoms with Gasteiger partial charge in [0.05, 0.1) is 32.6 Å². The Balaban J connectivity index is 1.63. The number of carbonyl (C=O) groups is 2. The Hall–Kier alpha value is -5.57. The summed E-state index contributed by atoms with van der Waals surface area (Å²) in [4.78, 5) is 25.2. The van der Waals surface area contributed by atoms with Crippen molar-refractivity contribution in [1.82, 2.24) is 9.78 Å². The van der Waals surface area contributed by atoms with E-state index < -0.39 is 5.97 Å². The van der Waals surface area contributed by atoms with E-state index in [0.29, 0.717) is 50.9 Å². The molecule has 5 aromatic rings. The Kier molecular flexibility index (Phi) is 8.43. The molecule has 0 atom stereocenters. The van der Waals surface area contributed by atoms with Crippen molar-refractivity contribution in [2.75, 3.05) is 26.6 Å². The van der Waals surface area contributed by atoms with Crippen LogP contribution in [0.4, 0.5) is 5.69 Å². The van der Waals surface area contributed by atoms with Gasteiger partial charge in [-0.2, -0.15) is 9.78 Å². The molecule has 0 aliphatic heterocycles. The van der Waals surface area contributed by atoms with Crippen LogP contribution in [0.15, 0.2) is 91.0 Å². The van der Waals surface area contributed by atoms with Crippen molar-refractivity contribution in [2.45, 2.75) is 13.8 Å². The number of rotatable bonds is 9. The summed E-state index contributed by atoms with van der Waals surface area (Å²) < 4.78 is 23.7. The van der Waals surface area contributed by atoms with Crippen molar-refractivity contribution in [3.63, 3.8) is 0 Å². The predicted octanol–water partition coefficient (Wildman–Crippen LogP) is 6.72. The van der Waals surface area contributed by atoms with Gasteiger partial charge >= 0.3 is 5.97 Å². The maximum absolute atomic E-state index is 12.8. The van der Waals surface area contributed by atoms with E-state index in [1.807, 2.05) is 55.5 Å². The zero-order chi connectivity index (χ0) is 30.5. The van der Waals surface area contributed by atoms with Gasteiger partial charge in [-0.15, -0.1) is 0 Å². The summed E-state index contributed by atoms with van der Waals surface area (Å²) in [5.41, 5.74) is 5.33. The first kappa shape index (κ1) is 28.9. The number of ether oxygens (including phenoxy) is 4. The topological polar surface area (TPSA) is 101 Å². The monoisotopic (exact) mass is 577 g/mol. The molecule has 0 saturated carbocycles. The molecule has 9 heteroatoms. The molecule has 0 aliphatic rings. The Morgan fingerprint density at radius 1 is 0.791 bits per heavy atom. The third-order valence-corrected chi connectivity index (χ3v) is 6.78. The van der Waals surface area contributed by atoms with Crippen molar-refractivity contribution >= 4 is 17.6 Å². The van der Waals surface area contributed by atoms with Gasteiger partial charge in [0.1, 0.15) is 22.9 Å². The highest BCUT2D eigenvalue weighted by Crippen LogP contribution is 2.44. The molecule has 0 spiro atoms. The van der Waals surface area contributed by atoms with Gasteiger partial charge in [0.15, 0.2) is 0 Å². The molecule has 1 amide bonds. The first-order valence-electron chi connectivity index (χ1n) is 13.5. The number of carbonyl (C=O) groups excluding carboxylic acids is 2. The minimum absolute atomic E-state index is 0.251. The molecular formula is C34H31N3O6. The van der Waals surface area contributed by atoms with Gasteiger partial charge in [0.25, 0.3) is 5.91 Å². The molecule has 9 nitrogen and oxygen atoms in total. The molecule has 218 valence electrons. The fourth-order valence-corrected chi connectivity index (χ4v) is 4.68. The molecule has 1 heterocycles. The fraction of sp³-hybridized carbons (Fsp3) is 0.147. The molecule has 0 unspecified atom stereocenters. The normalized spacial score (nSPS) is 10.6. The Labute approximate surface area is 249 Å². The SMILES string of the molecule is COc1ccc(C(=O)Nc2ccc(-c3c(-c4ccc(OC)cc4OC)nn(-c4cccc(C)c4)c3OC(C)=O)cc2)cc1. The van der Waals surface area contributed by atoms with E-state index in [1.165, 1.54) is 6.92 Å². The number of nitrogens with zero attached hydrogens (tertiary/aromatic N) is 2. The van der Waals surface area contributed by atoms with Crippen molar-refractivity contribution in [1.29, 1.82) is 0 Å². The average Bonchev–Trinajstić information content (AvgIpc) is 3.39. The number of methoxy groups -OCH3 is 3. The van der Waals surface area contributed by atoms with Crippen LogP contribution in [0.5, 0.6) is 23.1 Å². The van der Waals surface area contributed by atoms with E-state index in [1.54, 1.807) is 68.5 Å². The summed E-state index contributed by atoms with van der Waals surface area (Å²) in [6.07, 6.45) is 0. The smallest absolute Gasteiger partial charge is 0.309 e. The van der Waals surface area contributed by atoms with E-state index in [-0.39, 0.29) is 11.8 Å². The fourth-order valence-electron chi connectivity index (χ4n) is 4.68. The second-order valence-electron chi connectivity index (χ2n) is 9.70. The minimum Gasteiger partial charge on any atom is -0.497 e. The minimum atomic E-state index is -0.494. The van der Waals surface area contributed by atoms with Gasteiger partial charge in [-0.1, -0.05) is 24.3 Å². The number of hydrogen-bond acceptors (Lipinski definition) is 7. The highest BCUT2D eigenvalue weighted by Gasteiger charge is 2.26. The lowest BCUT2D eigenvalue weighted by molar-refractivity contribution is -0.132. The number of esters is 1. The Bertz CT molecular complexity index is 1780. The molecule has 0 saturated heterocycles. The van der Waals surface area contributed by atoms with Crippen LogP contribution >= 0.6 is 0 Å². The quantitative estimate of drug-likeness (QED) is 0.194. The molecule has 4 aromatic carbocycles. The number of anilines is 1. The standard InChI is InChI=1S/C34H31N3O6/c1-21-7-6-8-26(19-21)37-34(43-22(2)38)31(32(36-37)29-18-17-28(41-4)20-30(29)42-5)23-9-13-25(14-10-23)35-33(39)24-11-15-27(40-3)16-12-24/h6-20H,1-5H3,(H,35,39). The lowest BCUT2D eigenvalue weighted by Crippen LogP contribution is -2.11. The number of benzene rings is 4. The molecule has 5 rings (SSSR count). The first-order chi connectivity index (χ1) is 20.8. The molecule has 0 bridgehead atoms. The maximum Gasteiger partial charge on any atom is 0.309 e. The van der Waals surface area contributed by atoms with Crippen LogP contribution in [0.1, 0.15) is 22.8 Å². The average molecular weight is 578 g/mol. The van der Waals surface area contributed by atoms with Crippen LogP contribution in [0, 0.1) is 6.92 Å². The summed E-state index contributed by atoms with van der Waals surface area (Å²) in [6.45, 7) is 3.33. The lowest BCUT2D eigenvalue weighted by atomic mass is 10.00. The first-order valence-corrected chi connectivity index (χ1v) is 13.5. The highest BCUT2D eigenvalue weighted by atomic mass is 16.5. The Morgan fingerprint density at radius 3 is 2.12 bits per heavy atom. The number of amides is 1. The van der Waals surface area contributed by atoms with Crippen LogP contribution in [-0.2, 0) is 4.79 Å². The highest BCUT2D eigenvalue weighted by molar-refractivity contribution is 6.04. The molecule has 0 fully saturated rings. The summed E-state index contributed by atoms with van der Waals surface area (Å²) >= 11 is 0. The summed E-state index contributed by atoms with van der Waals surface area (Å²) in [7, 11) is 4.73. The maximum atomic E-state index is 12.8. The summed E-state index contributed by atoms with van der Waals surface area (Å²) in [5.74, 6) is 1.32. The molecule has 1 N–H and O–H groups in total. The predicted molar refractivity (Wildman–Crippen MR) is 165 cm³/mol. The number of hydrogen-bond donors (Lipinski definition) is 1. The number of aromatic nitrogens is 2. The zero-order valence-electron chi connectivity index (χ0n) is 24.5. The van der Waals surface area contributed by atoms with Crippen LogP contribution in [0.3, 0.4) is 0 Å². The third kappa shape index (κ3) is 6.20. The van der Waals surface area contributed by atoms with Crippen molar-refractivity contribution < 1.29 is 28.5 Å². The van der Waals surface area contributed by atoms with E-state index in [4.69, 9.17) is 24.0 Å². The molecule has 43 heavy (non-hydrogen) atoms. The lowest BCUT2D eigenvalue weighted by Gasteiger charge is -2.12. The van der Waals surface area contributed by atoms with Gasteiger partial charge < -0.3 is 24.3 Å². The van der Waals surface area contributed by atoms with Gasteiger partial charge in [0.2, 0.25) is 5.88 Å². The molecular weight excluding hydrogens is 546 g/mol. The van der Waals surface area contributed by atoms with E-state index in [2.05, 4.69) is 5.32 Å². The van der Waals surface area contributed by atoms with Gasteiger partial charge in [-0.3, -0.25) is 9.59 Å². The second-order valence-corrected chi connectivity index (χ2v) is 9.70. The number of aryl methyl sites for hydroxylation is 1. The van der Waals surface area contributed by atoms with Gasteiger partial charge in [0, 0.05) is 29.8 Å². The van der Waals surface area contributed by atoms with Crippen LogP contribution in [0.2, 0.25) is 0 Å². The number of nitrogens with one attached hydrogen (secondary N) is 1. The summed E-state index contributed by atoms with van der Waals surface area (Å²) in [5, 5.41) is 7.86. The zero-order valence-corrected chi connectivity index (χ0v) is 24.5. The second kappa shape index (κ2) is 12.5. The Morgan fingerprint density at radius 2 is 1.49 bits per heavy atom. The van der Waals surface area contributed by atoms with Crippen LogP contribution in [-0.4, -0.2) is 43.0 Å². The van der Waals surface area contributed by atoms with E-state index >= 15 is 0 Å². The van der Waals surface area contributed by atoms with Crippen LogP contribution in [0.25, 0.3) is 28.1 Å². The van der Waals surface area contributed by atoms with Crippen molar-refractivity contribution in [2.24, 2.45) is 0 Å². The molecule has 0 radical (unpaired) electrons. The van der Waals surface area contributed by atoms with Gasteiger partial charge in [-0.25, -0.2) is 0 Å². The third-order valence-electron chi connectivity index (χ3n) is 6.78. The molecule has 1 aromatic heterocycles. The summed E-state index contributed by atoms with van der Waals surface area (Å²) in [6, 6.07) is 27.3. The van der Waals surface area contributed by atoms with E-state index in [9.17, 15) is 9.59 Å². The molecule has 0 aliphatic carbocycles. The van der Waals surface area contributed by atoms with Crippen molar-refractivity contribution in [3.8, 4) is 51.2 Å². The van der Waals surface area contributed by atoms with E-state index in [0.717, 1.165) is 11.3 Å².